The molecule has 3 rings (SSSR count). The van der Waals surface area contributed by atoms with Crippen molar-refractivity contribution in [3.8, 4) is 0 Å². The molecular formula is C21H22N4O2. The molecule has 0 bridgehead atoms. The molecule has 3 aromatic rings. The van der Waals surface area contributed by atoms with E-state index in [1.165, 1.54) is 0 Å². The molecule has 27 heavy (non-hydrogen) atoms. The zero-order chi connectivity index (χ0) is 19.4. The number of pyridine rings is 2. The lowest BCUT2D eigenvalue weighted by molar-refractivity contribution is 0.0912. The van der Waals surface area contributed by atoms with Crippen molar-refractivity contribution < 1.29 is 9.59 Å². The van der Waals surface area contributed by atoms with E-state index in [1.54, 1.807) is 30.7 Å². The summed E-state index contributed by atoms with van der Waals surface area (Å²) in [6, 6.07) is 8.99. The van der Waals surface area contributed by atoms with Crippen LogP contribution in [0.4, 0.5) is 0 Å². The Kier molecular flexibility index (Phi) is 5.45. The standard InChI is InChI=1S/C21H22N4O2/c1-13-10-22-12-18(15(13)3)21(27)24-11-14(2)25-20(26)17-7-6-16-5-4-8-23-19(16)9-17/h4-10,12,14H,11H2,1-3H3,(H,24,27)(H,25,26)/t14-/m0/s1. The highest BCUT2D eigenvalue weighted by molar-refractivity contribution is 5.98. The Bertz CT molecular complexity index is 1000. The monoisotopic (exact) mass is 362 g/mol. The molecule has 6 heteroatoms. The number of hydrogen-bond acceptors (Lipinski definition) is 4. The Morgan fingerprint density at radius 2 is 1.93 bits per heavy atom. The lowest BCUT2D eigenvalue weighted by atomic mass is 10.1. The van der Waals surface area contributed by atoms with E-state index in [0.29, 0.717) is 17.7 Å². The fraction of sp³-hybridized carbons (Fsp3) is 0.238. The smallest absolute Gasteiger partial charge is 0.253 e. The van der Waals surface area contributed by atoms with Gasteiger partial charge >= 0.3 is 0 Å². The first-order chi connectivity index (χ1) is 13.0. The molecule has 2 N–H and O–H groups in total. The summed E-state index contributed by atoms with van der Waals surface area (Å²) in [6.45, 7) is 5.98. The molecule has 2 heterocycles. The minimum Gasteiger partial charge on any atom is -0.350 e. The largest absolute Gasteiger partial charge is 0.350 e. The number of aromatic nitrogens is 2. The second kappa shape index (κ2) is 7.95. The molecular weight excluding hydrogens is 340 g/mol. The number of fused-ring (bicyclic) bond motifs is 1. The third kappa shape index (κ3) is 4.28. The summed E-state index contributed by atoms with van der Waals surface area (Å²) >= 11 is 0. The third-order valence-electron chi connectivity index (χ3n) is 4.53. The molecule has 1 atom stereocenters. The predicted octanol–water partition coefficient (Wildman–Crippen LogP) is 2.79. The molecule has 0 spiro atoms. The van der Waals surface area contributed by atoms with Crippen molar-refractivity contribution >= 4 is 22.7 Å². The van der Waals surface area contributed by atoms with Crippen LogP contribution in [0.15, 0.2) is 48.9 Å². The molecule has 138 valence electrons. The van der Waals surface area contributed by atoms with Crippen LogP contribution in [0.1, 0.15) is 38.8 Å². The van der Waals surface area contributed by atoms with Gasteiger partial charge in [-0.1, -0.05) is 12.1 Å². The summed E-state index contributed by atoms with van der Waals surface area (Å²) in [5, 5.41) is 6.73. The van der Waals surface area contributed by atoms with E-state index >= 15 is 0 Å². The number of benzene rings is 1. The average Bonchev–Trinajstić information content (AvgIpc) is 2.67. The lowest BCUT2D eigenvalue weighted by Crippen LogP contribution is -2.42. The van der Waals surface area contributed by atoms with Gasteiger partial charge in [0.2, 0.25) is 0 Å². The average molecular weight is 362 g/mol. The highest BCUT2D eigenvalue weighted by atomic mass is 16.2. The van der Waals surface area contributed by atoms with Crippen LogP contribution in [-0.4, -0.2) is 34.4 Å². The molecule has 0 unspecified atom stereocenters. The summed E-state index contributed by atoms with van der Waals surface area (Å²) in [5.74, 6) is -0.391. The first-order valence-corrected chi connectivity index (χ1v) is 8.81. The number of amides is 2. The van der Waals surface area contributed by atoms with Crippen molar-refractivity contribution in [2.75, 3.05) is 6.54 Å². The number of hydrogen-bond donors (Lipinski definition) is 2. The van der Waals surface area contributed by atoms with Crippen molar-refractivity contribution in [3.63, 3.8) is 0 Å². The van der Waals surface area contributed by atoms with Gasteiger partial charge in [0.15, 0.2) is 0 Å². The number of carbonyl (C=O) groups excluding carboxylic acids is 2. The fourth-order valence-electron chi connectivity index (χ4n) is 2.77. The molecule has 0 saturated carbocycles. The topological polar surface area (TPSA) is 84.0 Å². The minimum absolute atomic E-state index is 0.195. The van der Waals surface area contributed by atoms with E-state index in [1.807, 2.05) is 39.0 Å². The van der Waals surface area contributed by atoms with Gasteiger partial charge in [-0.25, -0.2) is 0 Å². The SMILES string of the molecule is Cc1cncc(C(=O)NC[C@H](C)NC(=O)c2ccc3cccnc3c2)c1C. The summed E-state index contributed by atoms with van der Waals surface area (Å²) in [5.41, 5.74) is 3.73. The first-order valence-electron chi connectivity index (χ1n) is 8.81. The molecule has 0 aliphatic rings. The van der Waals surface area contributed by atoms with Crippen molar-refractivity contribution in [1.29, 1.82) is 0 Å². The van der Waals surface area contributed by atoms with Crippen LogP contribution in [-0.2, 0) is 0 Å². The van der Waals surface area contributed by atoms with Crippen LogP contribution in [0.25, 0.3) is 10.9 Å². The van der Waals surface area contributed by atoms with Crippen LogP contribution in [0.3, 0.4) is 0 Å². The van der Waals surface area contributed by atoms with Crippen molar-refractivity contribution in [3.05, 3.63) is 71.2 Å². The van der Waals surface area contributed by atoms with Crippen molar-refractivity contribution in [1.82, 2.24) is 20.6 Å². The Hall–Kier alpha value is -3.28. The number of nitrogens with zero attached hydrogens (tertiary/aromatic N) is 2. The first kappa shape index (κ1) is 18.5. The van der Waals surface area contributed by atoms with Gasteiger partial charge < -0.3 is 10.6 Å². The lowest BCUT2D eigenvalue weighted by Gasteiger charge is -2.16. The molecule has 0 saturated heterocycles. The van der Waals surface area contributed by atoms with Gasteiger partial charge in [0, 0.05) is 42.1 Å². The van der Waals surface area contributed by atoms with Gasteiger partial charge in [-0.05, 0) is 50.1 Å². The number of nitrogens with one attached hydrogen (secondary N) is 2. The summed E-state index contributed by atoms with van der Waals surface area (Å²) < 4.78 is 0. The number of carbonyl (C=O) groups is 2. The van der Waals surface area contributed by atoms with E-state index in [4.69, 9.17) is 0 Å². The number of rotatable bonds is 5. The zero-order valence-corrected chi connectivity index (χ0v) is 15.6. The van der Waals surface area contributed by atoms with Crippen LogP contribution in [0.2, 0.25) is 0 Å². The fourth-order valence-corrected chi connectivity index (χ4v) is 2.77. The second-order valence-electron chi connectivity index (χ2n) is 6.62. The van der Waals surface area contributed by atoms with E-state index in [-0.39, 0.29) is 17.9 Å². The zero-order valence-electron chi connectivity index (χ0n) is 15.6. The summed E-state index contributed by atoms with van der Waals surface area (Å²) in [6.07, 6.45) is 4.99. The molecule has 6 nitrogen and oxygen atoms in total. The van der Waals surface area contributed by atoms with Crippen LogP contribution in [0, 0.1) is 13.8 Å². The number of aryl methyl sites for hydroxylation is 1. The molecule has 2 amide bonds. The van der Waals surface area contributed by atoms with Crippen molar-refractivity contribution in [2.24, 2.45) is 0 Å². The molecule has 0 radical (unpaired) electrons. The van der Waals surface area contributed by atoms with Gasteiger partial charge in [-0.2, -0.15) is 0 Å². The maximum absolute atomic E-state index is 12.5. The van der Waals surface area contributed by atoms with E-state index in [2.05, 4.69) is 20.6 Å². The van der Waals surface area contributed by atoms with Crippen molar-refractivity contribution in [2.45, 2.75) is 26.8 Å². The summed E-state index contributed by atoms with van der Waals surface area (Å²) in [7, 11) is 0. The molecule has 0 fully saturated rings. The Morgan fingerprint density at radius 3 is 2.74 bits per heavy atom. The third-order valence-corrected chi connectivity index (χ3v) is 4.53. The van der Waals surface area contributed by atoms with E-state index < -0.39 is 0 Å². The highest BCUT2D eigenvalue weighted by Gasteiger charge is 2.14. The van der Waals surface area contributed by atoms with Crippen LogP contribution in [0.5, 0.6) is 0 Å². The van der Waals surface area contributed by atoms with Gasteiger partial charge in [0.25, 0.3) is 11.8 Å². The molecule has 0 aliphatic heterocycles. The Labute approximate surface area is 158 Å². The molecule has 0 aliphatic carbocycles. The van der Waals surface area contributed by atoms with E-state index in [0.717, 1.165) is 22.0 Å². The summed E-state index contributed by atoms with van der Waals surface area (Å²) in [4.78, 5) is 33.1. The van der Waals surface area contributed by atoms with Gasteiger partial charge in [0.1, 0.15) is 0 Å². The van der Waals surface area contributed by atoms with E-state index in [9.17, 15) is 9.59 Å². The van der Waals surface area contributed by atoms with Crippen LogP contribution < -0.4 is 10.6 Å². The van der Waals surface area contributed by atoms with Gasteiger partial charge in [-0.15, -0.1) is 0 Å². The van der Waals surface area contributed by atoms with Crippen LogP contribution >= 0.6 is 0 Å². The Balaban J connectivity index is 1.59. The highest BCUT2D eigenvalue weighted by Crippen LogP contribution is 2.13. The predicted molar refractivity (Wildman–Crippen MR) is 105 cm³/mol. The van der Waals surface area contributed by atoms with Gasteiger partial charge in [-0.3, -0.25) is 19.6 Å². The second-order valence-corrected chi connectivity index (χ2v) is 6.62. The van der Waals surface area contributed by atoms with Gasteiger partial charge in [0.05, 0.1) is 11.1 Å². The normalized spacial score (nSPS) is 11.8. The molecule has 2 aromatic heterocycles. The maximum atomic E-state index is 12.5. The minimum atomic E-state index is -0.223. The quantitative estimate of drug-likeness (QED) is 0.731. The Morgan fingerprint density at radius 1 is 1.11 bits per heavy atom. The maximum Gasteiger partial charge on any atom is 0.253 e. The molecule has 1 aromatic carbocycles.